The van der Waals surface area contributed by atoms with E-state index in [0.29, 0.717) is 31.5 Å². The molecule has 6 rings (SSSR count). The summed E-state index contributed by atoms with van der Waals surface area (Å²) in [6.07, 6.45) is 4.04. The van der Waals surface area contributed by atoms with E-state index in [2.05, 4.69) is 27.8 Å². The van der Waals surface area contributed by atoms with E-state index < -0.39 is 12.0 Å². The first-order chi connectivity index (χ1) is 19.1. The van der Waals surface area contributed by atoms with Gasteiger partial charge in [0.1, 0.15) is 0 Å². The fourth-order valence-corrected chi connectivity index (χ4v) is 7.05. The molecule has 208 valence electrons. The van der Waals surface area contributed by atoms with Gasteiger partial charge in [-0.05, 0) is 60.6 Å². The number of hydrogen-bond acceptors (Lipinski definition) is 6. The smallest absolute Gasteiger partial charge is 0.248 e. The summed E-state index contributed by atoms with van der Waals surface area (Å²) in [4.78, 5) is 37.3. The van der Waals surface area contributed by atoms with Gasteiger partial charge in [0, 0.05) is 51.6 Å². The molecular weight excluding hydrogens is 492 g/mol. The van der Waals surface area contributed by atoms with Crippen LogP contribution in [0.25, 0.3) is 0 Å². The van der Waals surface area contributed by atoms with Crippen LogP contribution in [0.5, 0.6) is 0 Å². The number of para-hydroxylation sites is 1. The molecule has 2 N–H and O–H groups in total. The van der Waals surface area contributed by atoms with Crippen LogP contribution in [0, 0.1) is 23.2 Å². The van der Waals surface area contributed by atoms with Crippen molar-refractivity contribution in [3.05, 3.63) is 66.2 Å². The van der Waals surface area contributed by atoms with Crippen molar-refractivity contribution >= 4 is 17.5 Å². The van der Waals surface area contributed by atoms with Crippen LogP contribution in [0.15, 0.2) is 60.7 Å². The molecule has 3 aliphatic heterocycles. The third-order valence-electron chi connectivity index (χ3n) is 9.36. The molecule has 1 spiro atoms. The third kappa shape index (κ3) is 5.83. The van der Waals surface area contributed by atoms with Crippen LogP contribution in [0.1, 0.15) is 31.2 Å². The van der Waals surface area contributed by atoms with Gasteiger partial charge in [-0.25, -0.2) is 5.48 Å². The Bertz CT molecular complexity index is 1120. The summed E-state index contributed by atoms with van der Waals surface area (Å²) in [5, 5.41) is 3.57. The molecule has 8 heteroatoms. The number of nitrogens with zero attached hydrogens (tertiary/aromatic N) is 2. The highest BCUT2D eigenvalue weighted by Gasteiger charge is 2.61. The van der Waals surface area contributed by atoms with Crippen LogP contribution in [0.2, 0.25) is 0 Å². The van der Waals surface area contributed by atoms with Crippen molar-refractivity contribution in [3.8, 4) is 0 Å². The Morgan fingerprint density at radius 1 is 0.949 bits per heavy atom. The number of carbonyl (C=O) groups excluding carboxylic acids is 2. The minimum absolute atomic E-state index is 0.0315. The number of anilines is 1. The van der Waals surface area contributed by atoms with Crippen LogP contribution in [0.4, 0.5) is 5.69 Å². The molecule has 2 unspecified atom stereocenters. The van der Waals surface area contributed by atoms with Crippen LogP contribution in [-0.4, -0.2) is 68.7 Å². The molecular formula is C31H40N4O4. The number of benzene rings is 2. The van der Waals surface area contributed by atoms with Crippen molar-refractivity contribution < 1.29 is 19.2 Å². The standard InChI is InChI=1S/C31H40N4O4/c36-29(33-39-21-23-7-3-1-4-8-23)26-19-31(20-27(31)24-11-17-38-18-12-24)22-32-28(26)30(37)35-15-13-34(14-16-35)25-9-5-2-6-10-25/h1-10,24,26-28,32H,11-22H2,(H,33,36)/t26-,27?,28-,31?/m0/s1. The molecule has 3 heterocycles. The van der Waals surface area contributed by atoms with Crippen molar-refractivity contribution in [1.82, 2.24) is 15.7 Å². The maximum absolute atomic E-state index is 13.8. The van der Waals surface area contributed by atoms with Gasteiger partial charge < -0.3 is 19.9 Å². The second kappa shape index (κ2) is 11.7. The van der Waals surface area contributed by atoms with Gasteiger partial charge in [-0.2, -0.15) is 0 Å². The second-order valence-corrected chi connectivity index (χ2v) is 11.7. The number of rotatable bonds is 7. The number of carbonyl (C=O) groups is 2. The number of hydroxylamine groups is 1. The Morgan fingerprint density at radius 3 is 2.36 bits per heavy atom. The van der Waals surface area contributed by atoms with E-state index in [1.54, 1.807) is 0 Å². The van der Waals surface area contributed by atoms with Gasteiger partial charge in [-0.15, -0.1) is 0 Å². The number of nitrogens with one attached hydrogen (secondary N) is 2. The molecule has 2 aromatic rings. The molecule has 0 aromatic heterocycles. The predicted octanol–water partition coefficient (Wildman–Crippen LogP) is 2.99. The lowest BCUT2D eigenvalue weighted by Crippen LogP contribution is -2.61. The fraction of sp³-hybridized carbons (Fsp3) is 0.548. The summed E-state index contributed by atoms with van der Waals surface area (Å²) in [6, 6.07) is 19.6. The summed E-state index contributed by atoms with van der Waals surface area (Å²) in [5.74, 6) is 0.622. The van der Waals surface area contributed by atoms with Gasteiger partial charge in [0.2, 0.25) is 11.8 Å². The minimum atomic E-state index is -0.532. The van der Waals surface area contributed by atoms with Crippen LogP contribution >= 0.6 is 0 Å². The molecule has 1 saturated carbocycles. The van der Waals surface area contributed by atoms with Gasteiger partial charge in [0.15, 0.2) is 0 Å². The Kier molecular flexibility index (Phi) is 7.86. The Balaban J connectivity index is 1.11. The molecule has 4 fully saturated rings. The van der Waals surface area contributed by atoms with Crippen LogP contribution in [0.3, 0.4) is 0 Å². The lowest BCUT2D eigenvalue weighted by Gasteiger charge is -2.42. The fourth-order valence-electron chi connectivity index (χ4n) is 7.05. The topological polar surface area (TPSA) is 83.1 Å². The molecule has 0 radical (unpaired) electrons. The molecule has 1 aliphatic carbocycles. The van der Waals surface area contributed by atoms with Crippen molar-refractivity contribution in [3.63, 3.8) is 0 Å². The monoisotopic (exact) mass is 532 g/mol. The Morgan fingerprint density at radius 2 is 1.64 bits per heavy atom. The molecule has 4 atom stereocenters. The molecule has 2 amide bonds. The maximum Gasteiger partial charge on any atom is 0.248 e. The number of piperidine rings is 1. The highest BCUT2D eigenvalue weighted by Crippen LogP contribution is 2.63. The first kappa shape index (κ1) is 26.3. The van der Waals surface area contributed by atoms with E-state index in [4.69, 9.17) is 9.57 Å². The average molecular weight is 533 g/mol. The van der Waals surface area contributed by atoms with Gasteiger partial charge >= 0.3 is 0 Å². The highest BCUT2D eigenvalue weighted by molar-refractivity contribution is 5.90. The van der Waals surface area contributed by atoms with Gasteiger partial charge in [-0.1, -0.05) is 48.5 Å². The van der Waals surface area contributed by atoms with Gasteiger partial charge in [0.25, 0.3) is 0 Å². The van der Waals surface area contributed by atoms with E-state index in [1.165, 1.54) is 5.69 Å². The molecule has 4 aliphatic rings. The summed E-state index contributed by atoms with van der Waals surface area (Å²) >= 11 is 0. The maximum atomic E-state index is 13.8. The highest BCUT2D eigenvalue weighted by atomic mass is 16.6. The molecule has 39 heavy (non-hydrogen) atoms. The van der Waals surface area contributed by atoms with E-state index in [-0.39, 0.29) is 17.2 Å². The van der Waals surface area contributed by atoms with Crippen molar-refractivity contribution in [2.45, 2.75) is 38.3 Å². The SMILES string of the molecule is O=C(NOCc1ccccc1)[C@H]1CC2(CN[C@@H]1C(=O)N1CCN(c3ccccc3)CC1)CC2C1CCOCC1. The predicted molar refractivity (Wildman–Crippen MR) is 149 cm³/mol. The second-order valence-electron chi connectivity index (χ2n) is 11.7. The Hall–Kier alpha value is -2.94. The van der Waals surface area contributed by atoms with Gasteiger partial charge in [0.05, 0.1) is 18.6 Å². The normalized spacial score (nSPS) is 29.3. The van der Waals surface area contributed by atoms with E-state index in [1.807, 2.05) is 53.4 Å². The van der Waals surface area contributed by atoms with E-state index >= 15 is 0 Å². The third-order valence-corrected chi connectivity index (χ3v) is 9.36. The summed E-state index contributed by atoms with van der Waals surface area (Å²) in [5.41, 5.74) is 4.96. The zero-order valence-corrected chi connectivity index (χ0v) is 22.6. The van der Waals surface area contributed by atoms with Crippen molar-refractivity contribution in [2.24, 2.45) is 23.2 Å². The summed E-state index contributed by atoms with van der Waals surface area (Å²) in [6.45, 7) is 5.63. The first-order valence-electron chi connectivity index (χ1n) is 14.5. The zero-order chi connectivity index (χ0) is 26.7. The number of ether oxygens (including phenoxy) is 1. The molecule has 8 nitrogen and oxygen atoms in total. The average Bonchev–Trinajstić information content (AvgIpc) is 3.70. The van der Waals surface area contributed by atoms with Crippen molar-refractivity contribution in [1.29, 1.82) is 0 Å². The van der Waals surface area contributed by atoms with Crippen LogP contribution < -0.4 is 15.7 Å². The summed E-state index contributed by atoms with van der Waals surface area (Å²) < 4.78 is 5.60. The molecule has 2 aromatic carbocycles. The number of piperazine rings is 1. The lowest BCUT2D eigenvalue weighted by atomic mass is 9.77. The largest absolute Gasteiger partial charge is 0.381 e. The van der Waals surface area contributed by atoms with E-state index in [9.17, 15) is 9.59 Å². The zero-order valence-electron chi connectivity index (χ0n) is 22.6. The van der Waals surface area contributed by atoms with Gasteiger partial charge in [-0.3, -0.25) is 14.4 Å². The van der Waals surface area contributed by atoms with Crippen molar-refractivity contribution in [2.75, 3.05) is 50.8 Å². The Labute approximate surface area is 231 Å². The molecule has 0 bridgehead atoms. The molecule has 3 saturated heterocycles. The first-order valence-corrected chi connectivity index (χ1v) is 14.5. The summed E-state index contributed by atoms with van der Waals surface area (Å²) in [7, 11) is 0. The quantitative estimate of drug-likeness (QED) is 0.534. The van der Waals surface area contributed by atoms with Crippen LogP contribution in [-0.2, 0) is 25.8 Å². The van der Waals surface area contributed by atoms with E-state index in [0.717, 1.165) is 64.1 Å². The number of amides is 2. The lowest BCUT2D eigenvalue weighted by molar-refractivity contribution is -0.148. The minimum Gasteiger partial charge on any atom is -0.381 e. The number of hydrogen-bond donors (Lipinski definition) is 2.